The molecular formula is C27H34N4O4S. The minimum absolute atomic E-state index is 0.0448. The second kappa shape index (κ2) is 9.86. The number of hydrogen-bond acceptors (Lipinski definition) is 5. The summed E-state index contributed by atoms with van der Waals surface area (Å²) in [6.45, 7) is 6.81. The molecule has 36 heavy (non-hydrogen) atoms. The first kappa shape index (κ1) is 24.8. The first-order chi connectivity index (χ1) is 17.2. The lowest BCUT2D eigenvalue weighted by molar-refractivity contribution is -0.131. The van der Waals surface area contributed by atoms with Crippen LogP contribution in [-0.4, -0.2) is 63.9 Å². The summed E-state index contributed by atoms with van der Waals surface area (Å²) in [5.41, 5.74) is 4.07. The van der Waals surface area contributed by atoms with Crippen molar-refractivity contribution in [2.24, 2.45) is 5.92 Å². The number of benzene rings is 2. The average Bonchev–Trinajstić information content (AvgIpc) is 3.62. The molecular weight excluding hydrogens is 476 g/mol. The molecule has 1 aliphatic carbocycles. The molecule has 0 unspecified atom stereocenters. The number of piperazine rings is 1. The van der Waals surface area contributed by atoms with Gasteiger partial charge < -0.3 is 14.7 Å². The number of aryl methyl sites for hydroxylation is 1. The van der Waals surface area contributed by atoms with Crippen molar-refractivity contribution in [2.45, 2.75) is 50.5 Å². The number of carbonyl (C=O) groups is 2. The quantitative estimate of drug-likeness (QED) is 0.619. The zero-order chi connectivity index (χ0) is 25.4. The SMILES string of the molecule is Cc1cccc(N2CCN(C(=O)CCNS(=O)(=O)c3ccc4c(c3)CCN4C(=O)C3CC3)C[C@H]2C)c1. The molecule has 0 bridgehead atoms. The lowest BCUT2D eigenvalue weighted by Crippen LogP contribution is -2.54. The third kappa shape index (κ3) is 5.13. The van der Waals surface area contributed by atoms with Crippen molar-refractivity contribution in [1.29, 1.82) is 0 Å². The monoisotopic (exact) mass is 510 g/mol. The van der Waals surface area contributed by atoms with E-state index in [1.165, 1.54) is 5.56 Å². The van der Waals surface area contributed by atoms with Crippen molar-refractivity contribution in [2.75, 3.05) is 42.5 Å². The molecule has 2 heterocycles. The third-order valence-electron chi connectivity index (χ3n) is 7.39. The highest BCUT2D eigenvalue weighted by Crippen LogP contribution is 2.37. The van der Waals surface area contributed by atoms with E-state index in [9.17, 15) is 18.0 Å². The highest BCUT2D eigenvalue weighted by atomic mass is 32.2. The van der Waals surface area contributed by atoms with E-state index in [0.29, 0.717) is 26.1 Å². The standard InChI is InChI=1S/C27H34N4O4S/c1-19-4-3-5-23(16-19)30-15-14-29(18-20(30)2)26(32)10-12-28-36(34,35)24-8-9-25-22(17-24)11-13-31(25)27(33)21-6-7-21/h3-5,8-9,16-17,20-21,28H,6-7,10-15,18H2,1-2H3/t20-/m1/s1. The van der Waals surface area contributed by atoms with E-state index in [4.69, 9.17) is 0 Å². The van der Waals surface area contributed by atoms with Crippen molar-refractivity contribution >= 4 is 33.2 Å². The van der Waals surface area contributed by atoms with Gasteiger partial charge in [-0.1, -0.05) is 12.1 Å². The van der Waals surface area contributed by atoms with Crippen LogP contribution in [0.25, 0.3) is 0 Å². The first-order valence-corrected chi connectivity index (χ1v) is 14.3. The highest BCUT2D eigenvalue weighted by Gasteiger charge is 2.36. The lowest BCUT2D eigenvalue weighted by Gasteiger charge is -2.41. The Morgan fingerprint density at radius 2 is 1.86 bits per heavy atom. The Kier molecular flexibility index (Phi) is 6.78. The van der Waals surface area contributed by atoms with Crippen LogP contribution in [-0.2, 0) is 26.0 Å². The smallest absolute Gasteiger partial charge is 0.240 e. The molecule has 192 valence electrons. The van der Waals surface area contributed by atoms with Crippen molar-refractivity contribution in [3.05, 3.63) is 53.6 Å². The summed E-state index contributed by atoms with van der Waals surface area (Å²) in [5.74, 6) is 0.235. The second-order valence-electron chi connectivity index (χ2n) is 10.2. The number of nitrogens with zero attached hydrogens (tertiary/aromatic N) is 3. The van der Waals surface area contributed by atoms with Gasteiger partial charge in [0.2, 0.25) is 21.8 Å². The molecule has 8 nitrogen and oxygen atoms in total. The van der Waals surface area contributed by atoms with Gasteiger partial charge in [-0.3, -0.25) is 9.59 Å². The van der Waals surface area contributed by atoms with Gasteiger partial charge in [0.1, 0.15) is 0 Å². The van der Waals surface area contributed by atoms with E-state index in [0.717, 1.165) is 36.3 Å². The molecule has 0 radical (unpaired) electrons. The van der Waals surface area contributed by atoms with Crippen LogP contribution in [0.4, 0.5) is 11.4 Å². The number of fused-ring (bicyclic) bond motifs is 1. The third-order valence-corrected chi connectivity index (χ3v) is 8.85. The fourth-order valence-corrected chi connectivity index (χ4v) is 6.32. The van der Waals surface area contributed by atoms with E-state index < -0.39 is 10.0 Å². The van der Waals surface area contributed by atoms with Crippen molar-refractivity contribution in [1.82, 2.24) is 9.62 Å². The number of carbonyl (C=O) groups excluding carboxylic acids is 2. The van der Waals surface area contributed by atoms with E-state index in [1.807, 2.05) is 11.0 Å². The molecule has 3 aliphatic rings. The summed E-state index contributed by atoms with van der Waals surface area (Å²) < 4.78 is 28.3. The molecule has 0 spiro atoms. The fraction of sp³-hybridized carbons (Fsp3) is 0.481. The summed E-state index contributed by atoms with van der Waals surface area (Å²) in [6.07, 6.45) is 2.66. The van der Waals surface area contributed by atoms with E-state index in [-0.39, 0.29) is 41.6 Å². The average molecular weight is 511 g/mol. The molecule has 9 heteroatoms. The highest BCUT2D eigenvalue weighted by molar-refractivity contribution is 7.89. The van der Waals surface area contributed by atoms with Crippen LogP contribution in [0.1, 0.15) is 37.3 Å². The Balaban J connectivity index is 1.14. The van der Waals surface area contributed by atoms with Gasteiger partial charge in [0.05, 0.1) is 4.90 Å². The van der Waals surface area contributed by atoms with Crippen LogP contribution < -0.4 is 14.5 Å². The molecule has 2 aromatic rings. The minimum Gasteiger partial charge on any atom is -0.365 e. The summed E-state index contributed by atoms with van der Waals surface area (Å²) in [5, 5.41) is 0. The van der Waals surface area contributed by atoms with Gasteiger partial charge in [0, 0.05) is 62.5 Å². The number of nitrogens with one attached hydrogen (secondary N) is 1. The molecule has 2 amide bonds. The Morgan fingerprint density at radius 3 is 2.58 bits per heavy atom. The molecule has 1 atom stereocenters. The molecule has 1 N–H and O–H groups in total. The van der Waals surface area contributed by atoms with Gasteiger partial charge in [0.25, 0.3) is 0 Å². The Bertz CT molecular complexity index is 1270. The Labute approximate surface area is 213 Å². The zero-order valence-corrected chi connectivity index (χ0v) is 21.8. The van der Waals surface area contributed by atoms with Crippen LogP contribution in [0.15, 0.2) is 47.4 Å². The van der Waals surface area contributed by atoms with Gasteiger partial charge in [-0.2, -0.15) is 0 Å². The molecule has 1 saturated heterocycles. The normalized spacial score (nSPS) is 19.9. The number of hydrogen-bond donors (Lipinski definition) is 1. The number of amides is 2. The largest absolute Gasteiger partial charge is 0.365 e. The van der Waals surface area contributed by atoms with Crippen LogP contribution in [0, 0.1) is 12.8 Å². The van der Waals surface area contributed by atoms with Gasteiger partial charge in [0.15, 0.2) is 0 Å². The van der Waals surface area contributed by atoms with E-state index in [2.05, 4.69) is 41.7 Å². The summed E-state index contributed by atoms with van der Waals surface area (Å²) in [6, 6.07) is 13.5. The minimum atomic E-state index is -3.74. The zero-order valence-electron chi connectivity index (χ0n) is 20.9. The van der Waals surface area contributed by atoms with E-state index in [1.54, 1.807) is 23.1 Å². The maximum Gasteiger partial charge on any atom is 0.240 e. The van der Waals surface area contributed by atoms with Crippen LogP contribution in [0.5, 0.6) is 0 Å². The van der Waals surface area contributed by atoms with Gasteiger partial charge in [-0.15, -0.1) is 0 Å². The topological polar surface area (TPSA) is 90.0 Å². The van der Waals surface area contributed by atoms with E-state index >= 15 is 0 Å². The summed E-state index contributed by atoms with van der Waals surface area (Å²) in [4.78, 5) is 31.4. The predicted octanol–water partition coefficient (Wildman–Crippen LogP) is 2.70. The predicted molar refractivity (Wildman–Crippen MR) is 140 cm³/mol. The number of anilines is 2. The Morgan fingerprint density at radius 1 is 1.06 bits per heavy atom. The van der Waals surface area contributed by atoms with Crippen LogP contribution in [0.3, 0.4) is 0 Å². The van der Waals surface area contributed by atoms with Crippen LogP contribution in [0.2, 0.25) is 0 Å². The van der Waals surface area contributed by atoms with Crippen molar-refractivity contribution < 1.29 is 18.0 Å². The number of rotatable bonds is 7. The molecule has 2 aromatic carbocycles. The molecule has 2 aliphatic heterocycles. The Hall–Kier alpha value is -2.91. The summed E-state index contributed by atoms with van der Waals surface area (Å²) in [7, 11) is -3.74. The molecule has 0 aromatic heterocycles. The van der Waals surface area contributed by atoms with Crippen molar-refractivity contribution in [3.63, 3.8) is 0 Å². The maximum absolute atomic E-state index is 12.9. The molecule has 2 fully saturated rings. The first-order valence-electron chi connectivity index (χ1n) is 12.8. The van der Waals surface area contributed by atoms with Gasteiger partial charge in [-0.25, -0.2) is 13.1 Å². The van der Waals surface area contributed by atoms with Crippen molar-refractivity contribution in [3.8, 4) is 0 Å². The second-order valence-corrected chi connectivity index (χ2v) is 11.9. The van der Waals surface area contributed by atoms with Crippen LogP contribution >= 0.6 is 0 Å². The maximum atomic E-state index is 12.9. The molecule has 1 saturated carbocycles. The van der Waals surface area contributed by atoms with Gasteiger partial charge >= 0.3 is 0 Å². The molecule has 5 rings (SSSR count). The summed E-state index contributed by atoms with van der Waals surface area (Å²) >= 11 is 0. The van der Waals surface area contributed by atoms with Gasteiger partial charge in [-0.05, 0) is 74.6 Å². The fourth-order valence-electron chi connectivity index (χ4n) is 5.23. The lowest BCUT2D eigenvalue weighted by atomic mass is 10.1. The number of sulfonamides is 1.